The fourth-order valence-corrected chi connectivity index (χ4v) is 3.52. The maximum Gasteiger partial charge on any atom is 0.130 e. The number of nitrogens with two attached hydrogens (primary N) is 1. The lowest BCUT2D eigenvalue weighted by molar-refractivity contribution is 0.342. The zero-order valence-electron chi connectivity index (χ0n) is 12.9. The molecule has 3 nitrogen and oxygen atoms in total. The first-order valence-electron chi connectivity index (χ1n) is 7.98. The Morgan fingerprint density at radius 1 is 1.19 bits per heavy atom. The molecule has 1 saturated carbocycles. The third-order valence-electron chi connectivity index (χ3n) is 4.61. The Hall–Kier alpha value is -1.42. The second-order valence-electron chi connectivity index (χ2n) is 6.60. The predicted octanol–water partition coefficient (Wildman–Crippen LogP) is 4.26. The van der Waals surface area contributed by atoms with Crippen LogP contribution >= 0.6 is 0 Å². The molecule has 0 radical (unpaired) electrons. The van der Waals surface area contributed by atoms with Crippen molar-refractivity contribution in [1.82, 2.24) is 9.55 Å². The summed E-state index contributed by atoms with van der Waals surface area (Å²) in [5.74, 6) is 0.711. The minimum atomic E-state index is -0.379. The van der Waals surface area contributed by atoms with Gasteiger partial charge in [-0.05, 0) is 44.9 Å². The van der Waals surface area contributed by atoms with Crippen LogP contribution < -0.4 is 5.73 Å². The van der Waals surface area contributed by atoms with Gasteiger partial charge in [0.15, 0.2) is 0 Å². The molecule has 1 aromatic heterocycles. The van der Waals surface area contributed by atoms with Crippen LogP contribution in [0.2, 0.25) is 0 Å². The van der Waals surface area contributed by atoms with Crippen molar-refractivity contribution in [3.05, 3.63) is 29.8 Å². The average Bonchev–Trinajstić information content (AvgIpc) is 2.68. The summed E-state index contributed by atoms with van der Waals surface area (Å²) in [5.41, 5.74) is 8.06. The largest absolute Gasteiger partial charge is 0.324 e. The Bertz CT molecular complexity index is 637. The monoisotopic (exact) mass is 289 g/mol. The van der Waals surface area contributed by atoms with E-state index in [4.69, 9.17) is 10.7 Å². The molecule has 1 aliphatic carbocycles. The topological polar surface area (TPSA) is 43.8 Å². The summed E-state index contributed by atoms with van der Waals surface area (Å²) in [4.78, 5) is 4.78. The van der Waals surface area contributed by atoms with E-state index in [1.807, 2.05) is 0 Å². The Morgan fingerprint density at radius 3 is 2.48 bits per heavy atom. The van der Waals surface area contributed by atoms with Crippen molar-refractivity contribution in [2.24, 2.45) is 5.73 Å². The van der Waals surface area contributed by atoms with Crippen molar-refractivity contribution in [1.29, 1.82) is 0 Å². The highest BCUT2D eigenvalue weighted by molar-refractivity contribution is 5.76. The molecule has 1 fully saturated rings. The highest BCUT2D eigenvalue weighted by Crippen LogP contribution is 2.36. The molecular formula is C17H24FN3. The van der Waals surface area contributed by atoms with Crippen LogP contribution in [-0.2, 0) is 5.54 Å². The van der Waals surface area contributed by atoms with Gasteiger partial charge in [-0.3, -0.25) is 0 Å². The zero-order chi connectivity index (χ0) is 15.0. The van der Waals surface area contributed by atoms with Gasteiger partial charge in [0.1, 0.15) is 11.6 Å². The fraction of sp³-hybridized carbons (Fsp3) is 0.588. The molecule has 2 N–H and O–H groups in total. The van der Waals surface area contributed by atoms with E-state index in [1.54, 1.807) is 12.1 Å². The van der Waals surface area contributed by atoms with Gasteiger partial charge in [0, 0.05) is 6.04 Å². The minimum absolute atomic E-state index is 0.218. The van der Waals surface area contributed by atoms with Gasteiger partial charge in [-0.15, -0.1) is 0 Å². The molecule has 0 saturated heterocycles. The van der Waals surface area contributed by atoms with E-state index >= 15 is 0 Å². The summed E-state index contributed by atoms with van der Waals surface area (Å²) in [6, 6.07) is 5.02. The van der Waals surface area contributed by atoms with Gasteiger partial charge in [-0.1, -0.05) is 25.7 Å². The van der Waals surface area contributed by atoms with E-state index < -0.39 is 0 Å². The first-order chi connectivity index (χ1) is 10.0. The zero-order valence-corrected chi connectivity index (χ0v) is 12.9. The van der Waals surface area contributed by atoms with E-state index in [-0.39, 0.29) is 17.4 Å². The van der Waals surface area contributed by atoms with Crippen molar-refractivity contribution in [2.75, 3.05) is 0 Å². The predicted molar refractivity (Wildman–Crippen MR) is 83.6 cm³/mol. The molecule has 0 amide bonds. The van der Waals surface area contributed by atoms with Crippen LogP contribution in [0.4, 0.5) is 4.39 Å². The van der Waals surface area contributed by atoms with Crippen molar-refractivity contribution >= 4 is 11.0 Å². The smallest absolute Gasteiger partial charge is 0.130 e. The van der Waals surface area contributed by atoms with Crippen LogP contribution in [0, 0.1) is 5.82 Å². The number of hydrogen-bond acceptors (Lipinski definition) is 2. The Kier molecular flexibility index (Phi) is 3.74. The van der Waals surface area contributed by atoms with Gasteiger partial charge in [0.25, 0.3) is 0 Å². The van der Waals surface area contributed by atoms with E-state index in [1.165, 1.54) is 18.9 Å². The van der Waals surface area contributed by atoms with Gasteiger partial charge >= 0.3 is 0 Å². The number of rotatable bonds is 2. The van der Waals surface area contributed by atoms with Crippen LogP contribution in [-0.4, -0.2) is 9.55 Å². The summed E-state index contributed by atoms with van der Waals surface area (Å²) in [6.45, 7) is 4.21. The molecule has 4 heteroatoms. The van der Waals surface area contributed by atoms with Gasteiger partial charge in [0.2, 0.25) is 0 Å². The Balaban J connectivity index is 2.18. The van der Waals surface area contributed by atoms with Crippen molar-refractivity contribution in [3.8, 4) is 0 Å². The number of fused-ring (bicyclic) bond motifs is 1. The summed E-state index contributed by atoms with van der Waals surface area (Å²) in [5, 5.41) is 0. The number of imidazole rings is 1. The van der Waals surface area contributed by atoms with Crippen LogP contribution in [0.25, 0.3) is 11.0 Å². The normalized spacial score (nSPS) is 19.1. The SMILES string of the molecule is CC(C)n1c(C2(N)CCCCCC2)nc2ccc(F)cc21. The standard InChI is InChI=1S/C17H24FN3/c1-12(2)21-15-11-13(18)7-8-14(15)20-16(21)17(19)9-5-3-4-6-10-17/h7-8,11-12H,3-6,9-10,19H2,1-2H3. The number of halogens is 1. The highest BCUT2D eigenvalue weighted by atomic mass is 19.1. The summed E-state index contributed by atoms with van der Waals surface area (Å²) >= 11 is 0. The van der Waals surface area contributed by atoms with E-state index in [0.29, 0.717) is 0 Å². The third-order valence-corrected chi connectivity index (χ3v) is 4.61. The summed E-state index contributed by atoms with van der Waals surface area (Å²) in [7, 11) is 0. The van der Waals surface area contributed by atoms with Crippen molar-refractivity contribution in [3.63, 3.8) is 0 Å². The number of aromatic nitrogens is 2. The van der Waals surface area contributed by atoms with Crippen molar-refractivity contribution in [2.45, 2.75) is 64.0 Å². The second-order valence-corrected chi connectivity index (χ2v) is 6.60. The summed E-state index contributed by atoms with van der Waals surface area (Å²) < 4.78 is 15.7. The van der Waals surface area contributed by atoms with Crippen LogP contribution in [0.5, 0.6) is 0 Å². The molecule has 2 aromatic rings. The molecule has 21 heavy (non-hydrogen) atoms. The average molecular weight is 289 g/mol. The molecule has 1 aliphatic rings. The number of nitrogens with zero attached hydrogens (tertiary/aromatic N) is 2. The van der Waals surface area contributed by atoms with E-state index in [2.05, 4.69) is 18.4 Å². The van der Waals surface area contributed by atoms with Gasteiger partial charge < -0.3 is 10.3 Å². The van der Waals surface area contributed by atoms with E-state index in [0.717, 1.165) is 42.5 Å². The lowest BCUT2D eigenvalue weighted by Crippen LogP contribution is -2.39. The molecule has 1 aromatic carbocycles. The molecule has 0 unspecified atom stereocenters. The third kappa shape index (κ3) is 2.57. The quantitative estimate of drug-likeness (QED) is 0.839. The van der Waals surface area contributed by atoms with Crippen LogP contribution in [0.1, 0.15) is 64.2 Å². The van der Waals surface area contributed by atoms with Crippen LogP contribution in [0.3, 0.4) is 0 Å². The van der Waals surface area contributed by atoms with Gasteiger partial charge in [-0.2, -0.15) is 0 Å². The van der Waals surface area contributed by atoms with Crippen LogP contribution in [0.15, 0.2) is 18.2 Å². The molecule has 0 aliphatic heterocycles. The lowest BCUT2D eigenvalue weighted by Gasteiger charge is -2.29. The van der Waals surface area contributed by atoms with Crippen molar-refractivity contribution < 1.29 is 4.39 Å². The first-order valence-corrected chi connectivity index (χ1v) is 7.98. The maximum absolute atomic E-state index is 13.6. The van der Waals surface area contributed by atoms with E-state index in [9.17, 15) is 4.39 Å². The molecule has 0 spiro atoms. The fourth-order valence-electron chi connectivity index (χ4n) is 3.52. The molecule has 0 atom stereocenters. The second kappa shape index (κ2) is 5.41. The number of benzene rings is 1. The highest BCUT2D eigenvalue weighted by Gasteiger charge is 2.34. The molecular weight excluding hydrogens is 265 g/mol. The Morgan fingerprint density at radius 2 is 1.86 bits per heavy atom. The molecule has 114 valence electrons. The first kappa shape index (κ1) is 14.5. The molecule has 1 heterocycles. The number of hydrogen-bond donors (Lipinski definition) is 1. The summed E-state index contributed by atoms with van der Waals surface area (Å²) in [6.07, 6.45) is 6.71. The van der Waals surface area contributed by atoms with Gasteiger partial charge in [0.05, 0.1) is 16.6 Å². The molecule has 0 bridgehead atoms. The minimum Gasteiger partial charge on any atom is -0.324 e. The maximum atomic E-state index is 13.6. The Labute approximate surface area is 125 Å². The van der Waals surface area contributed by atoms with Gasteiger partial charge in [-0.25, -0.2) is 9.37 Å². The molecule has 3 rings (SSSR count). The lowest BCUT2D eigenvalue weighted by atomic mass is 9.90.